The number of phenolic OH excluding ortho intramolecular Hbond substituents is 1. The topological polar surface area (TPSA) is 87.7 Å². The molecule has 0 unspecified atom stereocenters. The second kappa shape index (κ2) is 4.73. The summed E-state index contributed by atoms with van der Waals surface area (Å²) in [6.07, 6.45) is 3.11. The van der Waals surface area contributed by atoms with Gasteiger partial charge in [-0.15, -0.1) is 15.3 Å². The number of aromatic hydroxyl groups is 1. The SMILES string of the molecule is Oc1cccc(C=NNc2ccc3nncn3n2)c1. The Hall–Kier alpha value is -2.96. The minimum absolute atomic E-state index is 0.202. The fraction of sp³-hybridized carbons (Fsp3) is 0. The average molecular weight is 254 g/mol. The summed E-state index contributed by atoms with van der Waals surface area (Å²) in [5.41, 5.74) is 4.25. The predicted molar refractivity (Wildman–Crippen MR) is 70.1 cm³/mol. The molecule has 2 aromatic heterocycles. The number of hydrogen-bond donors (Lipinski definition) is 2. The molecule has 1 aromatic carbocycles. The second-order valence-corrected chi connectivity index (χ2v) is 3.82. The van der Waals surface area contributed by atoms with Crippen LogP contribution in [0.1, 0.15) is 5.56 Å². The van der Waals surface area contributed by atoms with Crippen LogP contribution in [0.5, 0.6) is 5.75 Å². The molecule has 7 nitrogen and oxygen atoms in total. The molecule has 2 N–H and O–H groups in total. The van der Waals surface area contributed by atoms with E-state index in [4.69, 9.17) is 0 Å². The van der Waals surface area contributed by atoms with Crippen LogP contribution in [0.3, 0.4) is 0 Å². The van der Waals surface area contributed by atoms with Crippen LogP contribution in [0.4, 0.5) is 5.82 Å². The number of rotatable bonds is 3. The molecule has 94 valence electrons. The monoisotopic (exact) mass is 254 g/mol. The van der Waals surface area contributed by atoms with Gasteiger partial charge in [0.25, 0.3) is 0 Å². The number of nitrogens with one attached hydrogen (secondary N) is 1. The van der Waals surface area contributed by atoms with Gasteiger partial charge in [0.15, 0.2) is 11.5 Å². The zero-order chi connectivity index (χ0) is 13.1. The zero-order valence-electron chi connectivity index (χ0n) is 9.80. The predicted octanol–water partition coefficient (Wildman–Crippen LogP) is 1.28. The van der Waals surface area contributed by atoms with E-state index in [1.165, 1.54) is 6.33 Å². The van der Waals surface area contributed by atoms with E-state index in [-0.39, 0.29) is 5.75 Å². The maximum Gasteiger partial charge on any atom is 0.177 e. The molecule has 0 aliphatic carbocycles. The first-order valence-electron chi connectivity index (χ1n) is 5.56. The molecule has 0 atom stereocenters. The maximum absolute atomic E-state index is 9.31. The minimum atomic E-state index is 0.202. The maximum atomic E-state index is 9.31. The van der Waals surface area contributed by atoms with Crippen molar-refractivity contribution in [3.05, 3.63) is 48.3 Å². The third-order valence-electron chi connectivity index (χ3n) is 2.42. The third kappa shape index (κ3) is 2.49. The molecular weight excluding hydrogens is 244 g/mol. The van der Waals surface area contributed by atoms with Gasteiger partial charge in [-0.05, 0) is 29.8 Å². The van der Waals surface area contributed by atoms with Crippen molar-refractivity contribution < 1.29 is 5.11 Å². The van der Waals surface area contributed by atoms with Crippen LogP contribution < -0.4 is 5.43 Å². The van der Waals surface area contributed by atoms with E-state index in [0.29, 0.717) is 11.5 Å². The summed E-state index contributed by atoms with van der Waals surface area (Å²) >= 11 is 0. The lowest BCUT2D eigenvalue weighted by Gasteiger charge is -1.99. The van der Waals surface area contributed by atoms with Gasteiger partial charge in [-0.3, -0.25) is 5.43 Å². The summed E-state index contributed by atoms with van der Waals surface area (Å²) in [5, 5.41) is 25.1. The van der Waals surface area contributed by atoms with Gasteiger partial charge >= 0.3 is 0 Å². The van der Waals surface area contributed by atoms with Crippen molar-refractivity contribution >= 4 is 17.7 Å². The zero-order valence-corrected chi connectivity index (χ0v) is 9.80. The number of phenols is 1. The van der Waals surface area contributed by atoms with E-state index >= 15 is 0 Å². The number of fused-ring (bicyclic) bond motifs is 1. The molecule has 2 heterocycles. The summed E-state index contributed by atoms with van der Waals surface area (Å²) in [5.74, 6) is 0.775. The van der Waals surface area contributed by atoms with Crippen molar-refractivity contribution in [2.24, 2.45) is 5.10 Å². The largest absolute Gasteiger partial charge is 0.508 e. The van der Waals surface area contributed by atoms with Crippen LogP contribution in [0.2, 0.25) is 0 Å². The third-order valence-corrected chi connectivity index (χ3v) is 2.42. The van der Waals surface area contributed by atoms with E-state index in [0.717, 1.165) is 5.56 Å². The normalized spacial score (nSPS) is 11.2. The van der Waals surface area contributed by atoms with Crippen molar-refractivity contribution in [2.75, 3.05) is 5.43 Å². The van der Waals surface area contributed by atoms with E-state index in [9.17, 15) is 5.11 Å². The van der Waals surface area contributed by atoms with Gasteiger partial charge in [0.1, 0.15) is 12.1 Å². The minimum Gasteiger partial charge on any atom is -0.508 e. The average Bonchev–Trinajstić information content (AvgIpc) is 2.86. The molecule has 0 fully saturated rings. The molecule has 19 heavy (non-hydrogen) atoms. The first kappa shape index (κ1) is 11.1. The van der Waals surface area contributed by atoms with Crippen LogP contribution in [0, 0.1) is 0 Å². The molecule has 0 aliphatic heterocycles. The van der Waals surface area contributed by atoms with Gasteiger partial charge in [-0.25, -0.2) is 0 Å². The van der Waals surface area contributed by atoms with Crippen molar-refractivity contribution in [1.29, 1.82) is 0 Å². The Kier molecular flexibility index (Phi) is 2.77. The van der Waals surface area contributed by atoms with Crippen LogP contribution in [0.25, 0.3) is 5.65 Å². The Morgan fingerprint density at radius 3 is 3.11 bits per heavy atom. The first-order chi connectivity index (χ1) is 9.31. The fourth-order valence-electron chi connectivity index (χ4n) is 1.57. The highest BCUT2D eigenvalue weighted by molar-refractivity contribution is 5.80. The Balaban J connectivity index is 1.74. The lowest BCUT2D eigenvalue weighted by Crippen LogP contribution is -1.98. The van der Waals surface area contributed by atoms with Gasteiger partial charge in [0.05, 0.1) is 6.21 Å². The molecule has 0 saturated heterocycles. The highest BCUT2D eigenvalue weighted by atomic mass is 16.3. The molecule has 0 bridgehead atoms. The molecule has 0 aliphatic rings. The van der Waals surface area contributed by atoms with Gasteiger partial charge in [0, 0.05) is 0 Å². The summed E-state index contributed by atoms with van der Waals surface area (Å²) in [6.45, 7) is 0. The lowest BCUT2D eigenvalue weighted by molar-refractivity contribution is 0.475. The second-order valence-electron chi connectivity index (χ2n) is 3.82. The van der Waals surface area contributed by atoms with Gasteiger partial charge < -0.3 is 5.11 Å². The van der Waals surface area contributed by atoms with Crippen molar-refractivity contribution in [1.82, 2.24) is 19.8 Å². The molecule has 0 saturated carbocycles. The molecule has 0 amide bonds. The molecule has 7 heteroatoms. The Labute approximate surface area is 108 Å². The Morgan fingerprint density at radius 1 is 1.26 bits per heavy atom. The Bertz CT molecular complexity index is 736. The standard InChI is InChI=1S/C12H10N6O/c19-10-3-1-2-9(6-10)7-13-15-11-4-5-12-16-14-8-18(12)17-11/h1-8,19H,(H,15,17). The number of aromatic nitrogens is 4. The summed E-state index contributed by atoms with van der Waals surface area (Å²) in [4.78, 5) is 0. The Morgan fingerprint density at radius 2 is 2.21 bits per heavy atom. The number of nitrogens with zero attached hydrogens (tertiary/aromatic N) is 5. The molecule has 3 aromatic rings. The van der Waals surface area contributed by atoms with Gasteiger partial charge in [-0.2, -0.15) is 9.62 Å². The molecule has 0 radical (unpaired) electrons. The van der Waals surface area contributed by atoms with Gasteiger partial charge in [0.2, 0.25) is 0 Å². The summed E-state index contributed by atoms with van der Waals surface area (Å²) < 4.78 is 1.55. The highest BCUT2D eigenvalue weighted by Gasteiger charge is 1.97. The first-order valence-corrected chi connectivity index (χ1v) is 5.56. The van der Waals surface area contributed by atoms with Crippen LogP contribution >= 0.6 is 0 Å². The van der Waals surface area contributed by atoms with Crippen molar-refractivity contribution in [3.8, 4) is 5.75 Å². The summed E-state index contributed by atoms with van der Waals surface area (Å²) in [7, 11) is 0. The van der Waals surface area contributed by atoms with Crippen LogP contribution in [-0.4, -0.2) is 31.1 Å². The lowest BCUT2D eigenvalue weighted by atomic mass is 10.2. The van der Waals surface area contributed by atoms with Crippen LogP contribution in [0.15, 0.2) is 47.8 Å². The highest BCUT2D eigenvalue weighted by Crippen LogP contribution is 2.09. The fourth-order valence-corrected chi connectivity index (χ4v) is 1.57. The quantitative estimate of drug-likeness (QED) is 0.543. The van der Waals surface area contributed by atoms with Gasteiger partial charge in [-0.1, -0.05) is 12.1 Å². The molecule has 0 spiro atoms. The number of benzene rings is 1. The molecule has 3 rings (SSSR count). The smallest absolute Gasteiger partial charge is 0.177 e. The van der Waals surface area contributed by atoms with E-state index in [1.807, 2.05) is 6.07 Å². The number of anilines is 1. The van der Waals surface area contributed by atoms with E-state index in [2.05, 4.69) is 25.8 Å². The van der Waals surface area contributed by atoms with Crippen molar-refractivity contribution in [2.45, 2.75) is 0 Å². The number of hydrazone groups is 1. The summed E-state index contributed by atoms with van der Waals surface area (Å²) in [6, 6.07) is 10.3. The van der Waals surface area contributed by atoms with Crippen LogP contribution in [-0.2, 0) is 0 Å². The van der Waals surface area contributed by atoms with Crippen molar-refractivity contribution in [3.63, 3.8) is 0 Å². The van der Waals surface area contributed by atoms with E-state index in [1.54, 1.807) is 41.1 Å². The molecular formula is C12H10N6O. The van der Waals surface area contributed by atoms with E-state index < -0.39 is 0 Å². The number of hydrogen-bond acceptors (Lipinski definition) is 6.